The molecule has 1 N–H and O–H groups in total. The molecule has 1 atom stereocenters. The minimum Gasteiger partial charge on any atom is -0.427 e. The van der Waals surface area contributed by atoms with Crippen LogP contribution in [0, 0.1) is 0 Å². The Morgan fingerprint density at radius 1 is 1.26 bits per heavy atom. The van der Waals surface area contributed by atoms with Gasteiger partial charge in [-0.2, -0.15) is 0 Å². The van der Waals surface area contributed by atoms with Gasteiger partial charge in [0, 0.05) is 29.3 Å². The van der Waals surface area contributed by atoms with Gasteiger partial charge in [-0.15, -0.1) is 0 Å². The Balaban J connectivity index is 1.93. The zero-order valence-corrected chi connectivity index (χ0v) is 16.2. The van der Waals surface area contributed by atoms with E-state index in [1.807, 2.05) is 24.3 Å². The number of aromatic amines is 1. The van der Waals surface area contributed by atoms with Crippen LogP contribution in [-0.2, 0) is 26.5 Å². The van der Waals surface area contributed by atoms with Crippen LogP contribution in [0.2, 0.25) is 5.02 Å². The molecule has 2 aromatic carbocycles. The summed E-state index contributed by atoms with van der Waals surface area (Å²) >= 11 is 6.05. The lowest BCUT2D eigenvalue weighted by Gasteiger charge is -2.36. The van der Waals surface area contributed by atoms with E-state index in [1.54, 1.807) is 0 Å². The Hall–Kier alpha value is -2.30. The molecule has 0 fully saturated rings. The fourth-order valence-corrected chi connectivity index (χ4v) is 4.13. The van der Waals surface area contributed by atoms with Crippen LogP contribution >= 0.6 is 11.6 Å². The van der Waals surface area contributed by atoms with Crippen LogP contribution in [-0.4, -0.2) is 17.6 Å². The summed E-state index contributed by atoms with van der Waals surface area (Å²) in [7, 11) is 0. The highest BCUT2D eigenvalue weighted by atomic mass is 35.5. The molecule has 3 aromatic rings. The molecule has 1 aromatic heterocycles. The molecule has 0 saturated carbocycles. The maximum atomic E-state index is 11.8. The molecule has 0 saturated heterocycles. The molecule has 5 heteroatoms. The summed E-state index contributed by atoms with van der Waals surface area (Å²) in [5, 5.41) is 1.86. The number of aromatic nitrogens is 1. The van der Waals surface area contributed by atoms with E-state index in [0.29, 0.717) is 18.1 Å². The van der Waals surface area contributed by atoms with Crippen molar-refractivity contribution >= 4 is 28.5 Å². The van der Waals surface area contributed by atoms with Gasteiger partial charge < -0.3 is 14.5 Å². The van der Waals surface area contributed by atoms with Crippen LogP contribution in [0.5, 0.6) is 0 Å². The summed E-state index contributed by atoms with van der Waals surface area (Å²) < 4.78 is 11.8. The summed E-state index contributed by atoms with van der Waals surface area (Å²) in [6.45, 7) is 4.01. The van der Waals surface area contributed by atoms with Crippen molar-refractivity contribution in [3.63, 3.8) is 0 Å². The minimum atomic E-state index is -1.04. The molecule has 27 heavy (non-hydrogen) atoms. The minimum absolute atomic E-state index is 0.340. The van der Waals surface area contributed by atoms with E-state index in [-0.39, 0.29) is 5.97 Å². The Morgan fingerprint density at radius 3 is 2.74 bits per heavy atom. The van der Waals surface area contributed by atoms with Crippen LogP contribution in [0.1, 0.15) is 37.9 Å². The van der Waals surface area contributed by atoms with Gasteiger partial charge in [0.05, 0.1) is 17.8 Å². The van der Waals surface area contributed by atoms with Crippen molar-refractivity contribution in [3.05, 3.63) is 58.7 Å². The third kappa shape index (κ3) is 3.13. The summed E-state index contributed by atoms with van der Waals surface area (Å²) in [6.07, 6.45) is 2.24. The number of para-hydroxylation sites is 1. The normalized spacial score (nSPS) is 19.1. The van der Waals surface area contributed by atoms with E-state index < -0.39 is 5.79 Å². The second-order valence-electron chi connectivity index (χ2n) is 6.91. The predicted molar refractivity (Wildman–Crippen MR) is 107 cm³/mol. The number of nitrogens with one attached hydrogen (secondary N) is 1. The van der Waals surface area contributed by atoms with E-state index in [1.165, 1.54) is 12.5 Å². The van der Waals surface area contributed by atoms with Crippen molar-refractivity contribution < 1.29 is 14.3 Å². The largest absolute Gasteiger partial charge is 0.427 e. The van der Waals surface area contributed by atoms with Crippen molar-refractivity contribution in [2.45, 2.75) is 38.9 Å². The molecule has 4 nitrogen and oxygen atoms in total. The smallest absolute Gasteiger partial charge is 0.305 e. The number of carbonyl (C=O) groups excluding carboxylic acids is 1. The number of ether oxygens (including phenoxy) is 2. The number of rotatable bonds is 4. The lowest BCUT2D eigenvalue weighted by molar-refractivity contribution is -0.247. The quantitative estimate of drug-likeness (QED) is 0.598. The molecule has 0 bridgehead atoms. The summed E-state index contributed by atoms with van der Waals surface area (Å²) in [6, 6.07) is 14.1. The Morgan fingerprint density at radius 2 is 2.04 bits per heavy atom. The average Bonchev–Trinajstić information content (AvgIpc) is 3.03. The van der Waals surface area contributed by atoms with Crippen molar-refractivity contribution in [2.24, 2.45) is 0 Å². The van der Waals surface area contributed by atoms with E-state index in [9.17, 15) is 4.79 Å². The van der Waals surface area contributed by atoms with E-state index in [0.717, 1.165) is 40.6 Å². The first-order valence-electron chi connectivity index (χ1n) is 9.27. The van der Waals surface area contributed by atoms with Gasteiger partial charge in [0.1, 0.15) is 0 Å². The molecular weight excluding hydrogens is 362 g/mol. The van der Waals surface area contributed by atoms with Crippen molar-refractivity contribution in [3.8, 4) is 11.1 Å². The highest BCUT2D eigenvalue weighted by molar-refractivity contribution is 6.30. The van der Waals surface area contributed by atoms with Gasteiger partial charge in [-0.3, -0.25) is 4.79 Å². The number of benzene rings is 2. The maximum Gasteiger partial charge on any atom is 0.305 e. The lowest BCUT2D eigenvalue weighted by atomic mass is 9.95. The molecular formula is C22H22ClNO3. The maximum absolute atomic E-state index is 11.8. The van der Waals surface area contributed by atoms with Gasteiger partial charge in [0.15, 0.2) is 0 Å². The summed E-state index contributed by atoms with van der Waals surface area (Å²) in [4.78, 5) is 15.4. The van der Waals surface area contributed by atoms with Crippen LogP contribution in [0.25, 0.3) is 22.0 Å². The van der Waals surface area contributed by atoms with Crippen LogP contribution in [0.4, 0.5) is 0 Å². The topological polar surface area (TPSA) is 51.3 Å². The monoisotopic (exact) mass is 383 g/mol. The molecule has 0 radical (unpaired) electrons. The molecule has 0 spiro atoms. The lowest BCUT2D eigenvalue weighted by Crippen LogP contribution is -2.39. The molecule has 0 aliphatic carbocycles. The average molecular weight is 384 g/mol. The Kier molecular flexibility index (Phi) is 4.70. The first-order valence-corrected chi connectivity index (χ1v) is 9.65. The molecule has 1 unspecified atom stereocenters. The number of halogens is 1. The molecule has 4 rings (SSSR count). The van der Waals surface area contributed by atoms with E-state index in [4.69, 9.17) is 21.1 Å². The number of hydrogen-bond donors (Lipinski definition) is 1. The SMILES string of the molecule is CCCC1(OC(C)=O)OCCc2c1[nH]c1c(-c3ccc(Cl)cc3)cccc21. The molecule has 140 valence electrons. The number of fused-ring (bicyclic) bond motifs is 3. The van der Waals surface area contributed by atoms with E-state index in [2.05, 4.69) is 30.1 Å². The zero-order valence-electron chi connectivity index (χ0n) is 15.5. The second kappa shape index (κ2) is 7.02. The third-order valence-corrected chi connectivity index (χ3v) is 5.30. The first-order chi connectivity index (χ1) is 13.0. The van der Waals surface area contributed by atoms with Gasteiger partial charge in [-0.1, -0.05) is 48.9 Å². The second-order valence-corrected chi connectivity index (χ2v) is 7.35. The van der Waals surface area contributed by atoms with Gasteiger partial charge >= 0.3 is 5.97 Å². The standard InChI is InChI=1S/C22H22ClNO3/c1-3-12-22(27-14(2)25)21-19(11-13-26-22)18-6-4-5-17(20(18)24-21)15-7-9-16(23)10-8-15/h4-10,24H,3,11-13H2,1-2H3. The molecule has 2 heterocycles. The highest BCUT2D eigenvalue weighted by Crippen LogP contribution is 2.43. The fraction of sp³-hybridized carbons (Fsp3) is 0.318. The van der Waals surface area contributed by atoms with Crippen molar-refractivity contribution in [1.29, 1.82) is 0 Å². The molecule has 1 aliphatic rings. The fourth-order valence-electron chi connectivity index (χ4n) is 4.01. The number of carbonyl (C=O) groups is 1. The Labute approximate surface area is 163 Å². The van der Waals surface area contributed by atoms with Crippen LogP contribution in [0.15, 0.2) is 42.5 Å². The van der Waals surface area contributed by atoms with Gasteiger partial charge in [0.2, 0.25) is 0 Å². The van der Waals surface area contributed by atoms with Gasteiger partial charge in [-0.25, -0.2) is 0 Å². The number of esters is 1. The van der Waals surface area contributed by atoms with Crippen molar-refractivity contribution in [2.75, 3.05) is 6.61 Å². The Bertz CT molecular complexity index is 993. The number of hydrogen-bond acceptors (Lipinski definition) is 3. The summed E-state index contributed by atoms with van der Waals surface area (Å²) in [5.41, 5.74) is 5.23. The molecule has 0 amide bonds. The van der Waals surface area contributed by atoms with Gasteiger partial charge in [-0.05, 0) is 36.1 Å². The van der Waals surface area contributed by atoms with Gasteiger partial charge in [0.25, 0.3) is 5.79 Å². The van der Waals surface area contributed by atoms with Crippen LogP contribution < -0.4 is 0 Å². The highest BCUT2D eigenvalue weighted by Gasteiger charge is 2.43. The summed E-state index contributed by atoms with van der Waals surface area (Å²) in [5.74, 6) is -1.38. The van der Waals surface area contributed by atoms with E-state index >= 15 is 0 Å². The molecule has 1 aliphatic heterocycles. The number of H-pyrrole nitrogens is 1. The third-order valence-electron chi connectivity index (χ3n) is 5.05. The first kappa shape index (κ1) is 18.1. The zero-order chi connectivity index (χ0) is 19.0. The van der Waals surface area contributed by atoms with Crippen molar-refractivity contribution in [1.82, 2.24) is 4.98 Å². The predicted octanol–water partition coefficient (Wildman–Crippen LogP) is 5.58. The van der Waals surface area contributed by atoms with Crippen LogP contribution in [0.3, 0.4) is 0 Å².